The summed E-state index contributed by atoms with van der Waals surface area (Å²) in [7, 11) is 0. The van der Waals surface area contributed by atoms with Crippen LogP contribution in [-0.2, 0) is 0 Å². The van der Waals surface area contributed by atoms with E-state index in [9.17, 15) is 5.11 Å². The first-order valence-electron chi connectivity index (χ1n) is 6.34. The van der Waals surface area contributed by atoms with Gasteiger partial charge in [0.2, 0.25) is 0 Å². The molecule has 2 aliphatic rings. The average molecular weight is 212 g/mol. The van der Waals surface area contributed by atoms with Crippen LogP contribution in [0.5, 0.6) is 0 Å². The first-order chi connectivity index (χ1) is 7.16. The van der Waals surface area contributed by atoms with E-state index in [-0.39, 0.29) is 6.10 Å². The molecule has 15 heavy (non-hydrogen) atoms. The highest BCUT2D eigenvalue weighted by Crippen LogP contribution is 2.23. The lowest BCUT2D eigenvalue weighted by atomic mass is 9.96. The number of aliphatic hydroxyl groups is 1. The van der Waals surface area contributed by atoms with Gasteiger partial charge < -0.3 is 10.4 Å². The molecule has 3 heteroatoms. The van der Waals surface area contributed by atoms with Crippen LogP contribution in [0.25, 0.3) is 0 Å². The molecule has 2 rings (SSSR count). The monoisotopic (exact) mass is 212 g/mol. The van der Waals surface area contributed by atoms with Gasteiger partial charge in [0.05, 0.1) is 6.10 Å². The van der Waals surface area contributed by atoms with Crippen LogP contribution >= 0.6 is 0 Å². The summed E-state index contributed by atoms with van der Waals surface area (Å²) in [5.41, 5.74) is 0. The van der Waals surface area contributed by atoms with Gasteiger partial charge in [0.1, 0.15) is 0 Å². The van der Waals surface area contributed by atoms with Crippen LogP contribution in [-0.4, -0.2) is 47.3 Å². The molecule has 0 bridgehead atoms. The summed E-state index contributed by atoms with van der Waals surface area (Å²) in [6.45, 7) is 6.56. The summed E-state index contributed by atoms with van der Waals surface area (Å²) in [5, 5.41) is 12.9. The van der Waals surface area contributed by atoms with Crippen molar-refractivity contribution in [1.82, 2.24) is 10.2 Å². The summed E-state index contributed by atoms with van der Waals surface area (Å²) >= 11 is 0. The number of hydrogen-bond acceptors (Lipinski definition) is 3. The van der Waals surface area contributed by atoms with Crippen LogP contribution in [0.3, 0.4) is 0 Å². The van der Waals surface area contributed by atoms with Crippen LogP contribution in [0.4, 0.5) is 0 Å². The molecular weight excluding hydrogens is 188 g/mol. The second-order valence-corrected chi connectivity index (χ2v) is 5.32. The largest absolute Gasteiger partial charge is 0.392 e. The average Bonchev–Trinajstić information content (AvgIpc) is 2.58. The third-order valence-corrected chi connectivity index (χ3v) is 4.01. The highest BCUT2D eigenvalue weighted by Gasteiger charge is 2.30. The van der Waals surface area contributed by atoms with E-state index in [1.165, 1.54) is 19.3 Å². The van der Waals surface area contributed by atoms with E-state index in [0.29, 0.717) is 18.1 Å². The minimum absolute atomic E-state index is 0.120. The fourth-order valence-corrected chi connectivity index (χ4v) is 3.03. The van der Waals surface area contributed by atoms with Gasteiger partial charge in [-0.1, -0.05) is 6.42 Å². The maximum atomic E-state index is 9.48. The molecule has 0 aromatic carbocycles. The van der Waals surface area contributed by atoms with Crippen molar-refractivity contribution in [3.05, 3.63) is 0 Å². The predicted molar refractivity (Wildman–Crippen MR) is 61.9 cm³/mol. The summed E-state index contributed by atoms with van der Waals surface area (Å²) in [6.07, 6.45) is 4.85. The smallest absolute Gasteiger partial charge is 0.0680 e. The Labute approximate surface area is 92.8 Å². The molecule has 3 nitrogen and oxygen atoms in total. The Morgan fingerprint density at radius 2 is 1.93 bits per heavy atom. The molecule has 0 aliphatic carbocycles. The lowest BCUT2D eigenvalue weighted by Crippen LogP contribution is -2.49. The summed E-state index contributed by atoms with van der Waals surface area (Å²) in [5.74, 6) is 0. The molecule has 0 spiro atoms. The fraction of sp³-hybridized carbons (Fsp3) is 1.00. The van der Waals surface area contributed by atoms with Crippen molar-refractivity contribution in [3.8, 4) is 0 Å². The molecule has 2 N–H and O–H groups in total. The number of aliphatic hydroxyl groups excluding tert-OH is 1. The molecule has 0 aromatic rings. The van der Waals surface area contributed by atoms with Gasteiger partial charge >= 0.3 is 0 Å². The number of β-amino-alcohol motifs (C(OH)–C–C–N with tert-alkyl or cyclic N) is 1. The second-order valence-electron chi connectivity index (χ2n) is 5.32. The van der Waals surface area contributed by atoms with Crippen LogP contribution in [0, 0.1) is 0 Å². The molecule has 88 valence electrons. The first-order valence-corrected chi connectivity index (χ1v) is 6.34. The summed E-state index contributed by atoms with van der Waals surface area (Å²) in [6, 6.07) is 1.93. The third kappa shape index (κ3) is 2.71. The number of likely N-dealkylation sites (tertiary alicyclic amines) is 1. The third-order valence-electron chi connectivity index (χ3n) is 4.01. The zero-order valence-corrected chi connectivity index (χ0v) is 9.95. The number of rotatable bonds is 2. The maximum absolute atomic E-state index is 9.48. The standard InChI is InChI=1S/C12H24N2O/c1-9-4-3-5-10(2)14(9)8-11-6-12(15)7-13-11/h9-13,15H,3-8H2,1-2H3/t9-,10+,11?,12?. The maximum Gasteiger partial charge on any atom is 0.0680 e. The Morgan fingerprint density at radius 1 is 1.27 bits per heavy atom. The van der Waals surface area contributed by atoms with E-state index in [1.807, 2.05) is 0 Å². The fourth-order valence-electron chi connectivity index (χ4n) is 3.03. The Kier molecular flexibility index (Phi) is 3.65. The molecule has 2 saturated heterocycles. The van der Waals surface area contributed by atoms with Crippen LogP contribution < -0.4 is 5.32 Å². The van der Waals surface area contributed by atoms with Crippen LogP contribution in [0.15, 0.2) is 0 Å². The van der Waals surface area contributed by atoms with Gasteiger partial charge in [-0.05, 0) is 33.1 Å². The SMILES string of the molecule is C[C@@H]1CCC[C@H](C)N1CC1CC(O)CN1. The van der Waals surface area contributed by atoms with Crippen molar-refractivity contribution >= 4 is 0 Å². The number of piperidine rings is 1. The molecule has 0 saturated carbocycles. The van der Waals surface area contributed by atoms with E-state index in [2.05, 4.69) is 24.1 Å². The van der Waals surface area contributed by atoms with Gasteiger partial charge in [0.25, 0.3) is 0 Å². The van der Waals surface area contributed by atoms with Crippen molar-refractivity contribution in [3.63, 3.8) is 0 Å². The zero-order valence-electron chi connectivity index (χ0n) is 9.95. The van der Waals surface area contributed by atoms with E-state index in [1.54, 1.807) is 0 Å². The van der Waals surface area contributed by atoms with Crippen molar-refractivity contribution in [2.75, 3.05) is 13.1 Å². The molecule has 4 atom stereocenters. The van der Waals surface area contributed by atoms with Crippen molar-refractivity contribution < 1.29 is 5.11 Å². The van der Waals surface area contributed by atoms with Gasteiger partial charge in [0.15, 0.2) is 0 Å². The van der Waals surface area contributed by atoms with Crippen molar-refractivity contribution in [1.29, 1.82) is 0 Å². The van der Waals surface area contributed by atoms with Gasteiger partial charge in [-0.3, -0.25) is 4.90 Å². The predicted octanol–water partition coefficient (Wildman–Crippen LogP) is 0.972. The normalized spacial score (nSPS) is 43.4. The van der Waals surface area contributed by atoms with Crippen LogP contribution in [0.1, 0.15) is 39.5 Å². The first kappa shape index (κ1) is 11.4. The molecule has 2 fully saturated rings. The summed E-state index contributed by atoms with van der Waals surface area (Å²) in [4.78, 5) is 2.61. The molecule has 2 unspecified atom stereocenters. The Bertz CT molecular complexity index is 200. The van der Waals surface area contributed by atoms with Crippen LogP contribution in [0.2, 0.25) is 0 Å². The summed E-state index contributed by atoms with van der Waals surface area (Å²) < 4.78 is 0. The van der Waals surface area contributed by atoms with E-state index in [4.69, 9.17) is 0 Å². The quantitative estimate of drug-likeness (QED) is 0.716. The molecular formula is C12H24N2O. The molecule has 0 radical (unpaired) electrons. The highest BCUT2D eigenvalue weighted by atomic mass is 16.3. The molecule has 0 amide bonds. The Balaban J connectivity index is 1.86. The lowest BCUT2D eigenvalue weighted by Gasteiger charge is -2.40. The molecule has 0 aromatic heterocycles. The van der Waals surface area contributed by atoms with Gasteiger partial charge in [-0.15, -0.1) is 0 Å². The van der Waals surface area contributed by atoms with E-state index in [0.717, 1.165) is 19.5 Å². The van der Waals surface area contributed by atoms with E-state index < -0.39 is 0 Å². The van der Waals surface area contributed by atoms with Gasteiger partial charge in [-0.25, -0.2) is 0 Å². The van der Waals surface area contributed by atoms with Crippen molar-refractivity contribution in [2.45, 2.75) is 63.8 Å². The van der Waals surface area contributed by atoms with E-state index >= 15 is 0 Å². The number of nitrogens with one attached hydrogen (secondary N) is 1. The van der Waals surface area contributed by atoms with Crippen molar-refractivity contribution in [2.24, 2.45) is 0 Å². The number of nitrogens with zero attached hydrogens (tertiary/aromatic N) is 1. The Morgan fingerprint density at radius 3 is 2.47 bits per heavy atom. The Hall–Kier alpha value is -0.120. The topological polar surface area (TPSA) is 35.5 Å². The van der Waals surface area contributed by atoms with Gasteiger partial charge in [-0.2, -0.15) is 0 Å². The minimum Gasteiger partial charge on any atom is -0.392 e. The van der Waals surface area contributed by atoms with Gasteiger partial charge in [0, 0.05) is 31.2 Å². The molecule has 2 heterocycles. The zero-order chi connectivity index (χ0) is 10.8. The molecule has 2 aliphatic heterocycles. The second kappa shape index (κ2) is 4.81. The highest BCUT2D eigenvalue weighted by molar-refractivity contribution is 4.88. The minimum atomic E-state index is -0.120. The number of hydrogen-bond donors (Lipinski definition) is 2. The lowest BCUT2D eigenvalue weighted by molar-refractivity contribution is 0.0911.